The quantitative estimate of drug-likeness (QED) is 0.390. The van der Waals surface area contributed by atoms with Gasteiger partial charge in [0.25, 0.3) is 5.91 Å². The zero-order valence-electron chi connectivity index (χ0n) is 20.0. The van der Waals surface area contributed by atoms with E-state index in [0.29, 0.717) is 12.3 Å². The number of benzene rings is 1. The van der Waals surface area contributed by atoms with Crippen LogP contribution in [0.15, 0.2) is 47.6 Å². The standard InChI is InChI=1S/C27H34N2O5/c1-24-12-11-21-25(2)13-10-19(30)16-26(25)14-15-27(21,34-33-26)20(24)8-9-22(24)29-32-17-23(31)28-18-6-4-3-5-7-18/h3-7,14-15,19-21,30H,8-13,16-17H2,1-2H3,(H,28,31)/b29-22+/t19-,20+,21-,24-,25+,26+,27-/m0/s1. The van der Waals surface area contributed by atoms with Crippen molar-refractivity contribution in [3.05, 3.63) is 42.5 Å². The van der Waals surface area contributed by atoms with Crippen molar-refractivity contribution in [3.63, 3.8) is 0 Å². The van der Waals surface area contributed by atoms with Gasteiger partial charge in [0.1, 0.15) is 11.2 Å². The number of nitrogens with one attached hydrogen (secondary N) is 1. The molecule has 7 heteroatoms. The summed E-state index contributed by atoms with van der Waals surface area (Å²) < 4.78 is 0. The number of carbonyl (C=O) groups is 1. The van der Waals surface area contributed by atoms with Gasteiger partial charge in [-0.2, -0.15) is 0 Å². The minimum absolute atomic E-state index is 0.0491. The summed E-state index contributed by atoms with van der Waals surface area (Å²) in [4.78, 5) is 30.3. The highest BCUT2D eigenvalue weighted by atomic mass is 17.2. The van der Waals surface area contributed by atoms with Crippen LogP contribution in [-0.2, 0) is 19.4 Å². The number of anilines is 1. The van der Waals surface area contributed by atoms with Gasteiger partial charge >= 0.3 is 0 Å². The Balaban J connectivity index is 1.20. The van der Waals surface area contributed by atoms with E-state index < -0.39 is 11.2 Å². The van der Waals surface area contributed by atoms with Gasteiger partial charge in [0.2, 0.25) is 0 Å². The first-order valence-corrected chi connectivity index (χ1v) is 12.6. The van der Waals surface area contributed by atoms with Gasteiger partial charge in [0.15, 0.2) is 6.61 Å². The van der Waals surface area contributed by atoms with E-state index in [0.717, 1.165) is 49.9 Å². The van der Waals surface area contributed by atoms with Crippen molar-refractivity contribution in [2.75, 3.05) is 11.9 Å². The van der Waals surface area contributed by atoms with Crippen LogP contribution in [0.2, 0.25) is 0 Å². The molecule has 1 aromatic carbocycles. The summed E-state index contributed by atoms with van der Waals surface area (Å²) in [5.74, 6) is 0.360. The van der Waals surface area contributed by atoms with E-state index in [-0.39, 0.29) is 35.4 Å². The Morgan fingerprint density at radius 2 is 1.94 bits per heavy atom. The first kappa shape index (κ1) is 22.3. The summed E-state index contributed by atoms with van der Waals surface area (Å²) in [6.45, 7) is 4.49. The molecule has 3 saturated carbocycles. The summed E-state index contributed by atoms with van der Waals surface area (Å²) in [6, 6.07) is 9.35. The number of hydrogen-bond donors (Lipinski definition) is 2. The predicted octanol–water partition coefficient (Wildman–Crippen LogP) is 4.38. The van der Waals surface area contributed by atoms with E-state index in [9.17, 15) is 9.90 Å². The zero-order valence-corrected chi connectivity index (χ0v) is 20.0. The molecule has 1 aromatic rings. The molecule has 0 aromatic heterocycles. The van der Waals surface area contributed by atoms with Gasteiger partial charge in [-0.1, -0.05) is 43.3 Å². The number of aliphatic hydroxyl groups excluding tert-OH is 1. The van der Waals surface area contributed by atoms with Crippen molar-refractivity contribution in [3.8, 4) is 0 Å². The molecule has 2 heterocycles. The maximum Gasteiger partial charge on any atom is 0.265 e. The summed E-state index contributed by atoms with van der Waals surface area (Å²) in [5.41, 5.74) is 0.534. The predicted molar refractivity (Wildman–Crippen MR) is 127 cm³/mol. The van der Waals surface area contributed by atoms with Gasteiger partial charge < -0.3 is 15.3 Å². The molecule has 2 aliphatic heterocycles. The number of hydrogen-bond acceptors (Lipinski definition) is 6. The second-order valence-corrected chi connectivity index (χ2v) is 11.4. The molecule has 7 atom stereocenters. The molecule has 1 amide bonds. The van der Waals surface area contributed by atoms with Crippen LogP contribution in [0, 0.1) is 22.7 Å². The second kappa shape index (κ2) is 7.64. The van der Waals surface area contributed by atoms with Crippen molar-refractivity contribution >= 4 is 17.3 Å². The Hall–Kier alpha value is -2.22. The number of para-hydroxylation sites is 1. The van der Waals surface area contributed by atoms with Crippen LogP contribution in [0.3, 0.4) is 0 Å². The lowest BCUT2D eigenvalue weighted by atomic mass is 9.43. The Labute approximate surface area is 200 Å². The van der Waals surface area contributed by atoms with Crippen LogP contribution in [-0.4, -0.2) is 40.6 Å². The summed E-state index contributed by atoms with van der Waals surface area (Å²) in [5, 5.41) is 17.7. The largest absolute Gasteiger partial charge is 0.393 e. The number of nitrogens with zero attached hydrogens (tertiary/aromatic N) is 1. The lowest BCUT2D eigenvalue weighted by molar-refractivity contribution is -0.496. The highest BCUT2D eigenvalue weighted by Crippen LogP contribution is 2.70. The maximum absolute atomic E-state index is 12.3. The van der Waals surface area contributed by atoms with Crippen molar-refractivity contribution in [2.45, 2.75) is 76.1 Å². The lowest BCUT2D eigenvalue weighted by Crippen LogP contribution is -2.73. The lowest BCUT2D eigenvalue weighted by Gasteiger charge is -2.69. The Kier molecular flexibility index (Phi) is 5.00. The van der Waals surface area contributed by atoms with E-state index in [1.54, 1.807) is 0 Å². The molecule has 2 spiro atoms. The molecular weight excluding hydrogens is 432 g/mol. The van der Waals surface area contributed by atoms with Crippen LogP contribution in [0.5, 0.6) is 0 Å². The molecule has 4 aliphatic carbocycles. The van der Waals surface area contributed by atoms with Crippen LogP contribution in [0.1, 0.15) is 58.8 Å². The number of aliphatic hydroxyl groups is 1. The molecule has 0 unspecified atom stereocenters. The van der Waals surface area contributed by atoms with Gasteiger partial charge in [-0.25, -0.2) is 9.78 Å². The fourth-order valence-corrected chi connectivity index (χ4v) is 7.93. The van der Waals surface area contributed by atoms with Gasteiger partial charge in [-0.05, 0) is 56.7 Å². The van der Waals surface area contributed by atoms with Crippen LogP contribution < -0.4 is 5.32 Å². The minimum Gasteiger partial charge on any atom is -0.393 e. The molecule has 1 saturated heterocycles. The summed E-state index contributed by atoms with van der Waals surface area (Å²) in [6.07, 6.45) is 10.3. The fourth-order valence-electron chi connectivity index (χ4n) is 7.93. The molecule has 7 nitrogen and oxygen atoms in total. The third-order valence-corrected chi connectivity index (χ3v) is 9.79. The van der Waals surface area contributed by atoms with E-state index >= 15 is 0 Å². The molecule has 2 bridgehead atoms. The minimum atomic E-state index is -0.532. The van der Waals surface area contributed by atoms with Crippen molar-refractivity contribution < 1.29 is 24.5 Å². The normalized spacial score (nSPS) is 45.4. The topological polar surface area (TPSA) is 89.4 Å². The third-order valence-electron chi connectivity index (χ3n) is 9.79. The zero-order chi connectivity index (χ0) is 23.6. The number of rotatable bonds is 4. The van der Waals surface area contributed by atoms with E-state index in [4.69, 9.17) is 14.6 Å². The van der Waals surface area contributed by atoms with E-state index in [1.807, 2.05) is 30.3 Å². The van der Waals surface area contributed by atoms with Crippen molar-refractivity contribution in [2.24, 2.45) is 27.8 Å². The number of carbonyl (C=O) groups excluding carboxylic acids is 1. The Bertz CT molecular complexity index is 1040. The molecule has 2 N–H and O–H groups in total. The average Bonchev–Trinajstić information content (AvgIpc) is 3.17. The van der Waals surface area contributed by atoms with Crippen LogP contribution in [0.4, 0.5) is 5.69 Å². The molecule has 6 aliphatic rings. The highest BCUT2D eigenvalue weighted by molar-refractivity contribution is 5.93. The fraction of sp³-hybridized carbons (Fsp3) is 0.630. The number of amides is 1. The second-order valence-electron chi connectivity index (χ2n) is 11.4. The van der Waals surface area contributed by atoms with Gasteiger partial charge in [-0.15, -0.1) is 0 Å². The smallest absolute Gasteiger partial charge is 0.265 e. The number of fused-ring (bicyclic) bond motifs is 2. The van der Waals surface area contributed by atoms with Gasteiger partial charge in [0.05, 0.1) is 11.8 Å². The molecule has 34 heavy (non-hydrogen) atoms. The van der Waals surface area contributed by atoms with E-state index in [2.05, 4.69) is 36.5 Å². The van der Waals surface area contributed by atoms with Crippen molar-refractivity contribution in [1.29, 1.82) is 0 Å². The van der Waals surface area contributed by atoms with Gasteiger partial charge in [0, 0.05) is 34.8 Å². The maximum atomic E-state index is 12.3. The highest BCUT2D eigenvalue weighted by Gasteiger charge is 2.74. The first-order chi connectivity index (χ1) is 16.3. The van der Waals surface area contributed by atoms with Crippen molar-refractivity contribution in [1.82, 2.24) is 0 Å². The third kappa shape index (κ3) is 2.99. The summed E-state index contributed by atoms with van der Waals surface area (Å²) >= 11 is 0. The molecule has 7 rings (SSSR count). The Morgan fingerprint density at radius 1 is 1.12 bits per heavy atom. The summed E-state index contributed by atoms with van der Waals surface area (Å²) in [7, 11) is 0. The monoisotopic (exact) mass is 466 g/mol. The average molecular weight is 467 g/mol. The number of oxime groups is 1. The van der Waals surface area contributed by atoms with Crippen LogP contribution >= 0.6 is 0 Å². The first-order valence-electron chi connectivity index (χ1n) is 12.6. The molecular formula is C27H34N2O5. The van der Waals surface area contributed by atoms with Crippen LogP contribution in [0.25, 0.3) is 0 Å². The Morgan fingerprint density at radius 3 is 2.71 bits per heavy atom. The molecule has 0 radical (unpaired) electrons. The van der Waals surface area contributed by atoms with Gasteiger partial charge in [-0.3, -0.25) is 4.79 Å². The molecule has 182 valence electrons. The van der Waals surface area contributed by atoms with E-state index in [1.165, 1.54) is 0 Å². The SMILES string of the molecule is C[C@]12CC[C@@H]3[C@]4(C=C[C@]5(C[C@@H](O)CC[C@]35C)OO4)[C@@H]1CC/C2=N\OCC(=O)Nc1ccccc1. The molecule has 4 fully saturated rings.